The van der Waals surface area contributed by atoms with Gasteiger partial charge in [-0.3, -0.25) is 14.4 Å². The highest BCUT2D eigenvalue weighted by molar-refractivity contribution is 8.02. The maximum absolute atomic E-state index is 14.7. The molecule has 0 bridgehead atoms. The third-order valence-corrected chi connectivity index (χ3v) is 11.2. The molecule has 6 rings (SSSR count). The summed E-state index contributed by atoms with van der Waals surface area (Å²) in [5, 5.41) is 10.7. The molecule has 208 valence electrons. The first-order valence-corrected chi connectivity index (χ1v) is 15.2. The number of aliphatic hydroxyl groups is 1. The highest BCUT2D eigenvalue weighted by Crippen LogP contribution is 2.66. The summed E-state index contributed by atoms with van der Waals surface area (Å²) in [6.07, 6.45) is 15.1. The molecule has 2 saturated heterocycles. The molecule has 1 aromatic carbocycles. The molecule has 1 unspecified atom stereocenters. The number of ether oxygens (including phenoxy) is 1. The Morgan fingerprint density at radius 1 is 1.00 bits per heavy atom. The van der Waals surface area contributed by atoms with Gasteiger partial charge >= 0.3 is 5.97 Å². The number of amides is 2. The van der Waals surface area contributed by atoms with Gasteiger partial charge in [-0.2, -0.15) is 0 Å². The molecule has 1 aliphatic carbocycles. The third kappa shape index (κ3) is 4.26. The Labute approximate surface area is 234 Å². The van der Waals surface area contributed by atoms with Crippen molar-refractivity contribution in [3.63, 3.8) is 0 Å². The van der Waals surface area contributed by atoms with E-state index >= 15 is 0 Å². The van der Waals surface area contributed by atoms with E-state index in [9.17, 15) is 19.5 Å². The van der Waals surface area contributed by atoms with Crippen LogP contribution >= 0.6 is 11.8 Å². The fraction of sp³-hybridized carbons (Fsp3) is 0.581. The van der Waals surface area contributed by atoms with Gasteiger partial charge < -0.3 is 19.6 Å². The molecule has 5 aliphatic rings. The van der Waals surface area contributed by atoms with E-state index in [2.05, 4.69) is 18.2 Å². The van der Waals surface area contributed by atoms with Gasteiger partial charge in [0, 0.05) is 17.3 Å². The van der Waals surface area contributed by atoms with Crippen LogP contribution in [0.15, 0.2) is 54.6 Å². The van der Waals surface area contributed by atoms with Gasteiger partial charge in [0.25, 0.3) is 0 Å². The molecule has 7 nitrogen and oxygen atoms in total. The number of nitrogens with zero attached hydrogens (tertiary/aromatic N) is 2. The molecule has 1 aromatic rings. The zero-order chi connectivity index (χ0) is 27.2. The number of rotatable bonds is 4. The minimum Gasteiger partial charge on any atom is -0.465 e. The largest absolute Gasteiger partial charge is 0.465 e. The second-order valence-electron chi connectivity index (χ2n) is 11.7. The SMILES string of the molecule is C[C@]12/C=C\CCCOC(=O)[C@H]1[C@H]1C(=O)N([C@H](CO)c3ccccc3)C3C(=O)N(C4CCCCC4)CC=C[C@@]31S2. The van der Waals surface area contributed by atoms with Crippen LogP contribution in [0.4, 0.5) is 0 Å². The van der Waals surface area contributed by atoms with E-state index in [-0.39, 0.29) is 30.4 Å². The molecule has 0 radical (unpaired) electrons. The number of hydrogen-bond acceptors (Lipinski definition) is 6. The number of carbonyl (C=O) groups excluding carboxylic acids is 3. The van der Waals surface area contributed by atoms with Gasteiger partial charge in [-0.25, -0.2) is 0 Å². The Kier molecular flexibility index (Phi) is 7.12. The molecule has 6 atom stereocenters. The van der Waals surface area contributed by atoms with Crippen molar-refractivity contribution in [1.82, 2.24) is 9.80 Å². The van der Waals surface area contributed by atoms with Crippen LogP contribution in [0.3, 0.4) is 0 Å². The molecule has 39 heavy (non-hydrogen) atoms. The Morgan fingerprint density at radius 3 is 2.51 bits per heavy atom. The van der Waals surface area contributed by atoms with Gasteiger partial charge in [0.05, 0.1) is 35.8 Å². The zero-order valence-electron chi connectivity index (χ0n) is 22.5. The van der Waals surface area contributed by atoms with Crippen LogP contribution in [0.5, 0.6) is 0 Å². The molecule has 4 heterocycles. The first kappa shape index (κ1) is 26.6. The molecule has 1 saturated carbocycles. The smallest absolute Gasteiger partial charge is 0.311 e. The van der Waals surface area contributed by atoms with E-state index in [0.717, 1.165) is 44.1 Å². The molecule has 2 amide bonds. The third-order valence-electron chi connectivity index (χ3n) is 9.43. The van der Waals surface area contributed by atoms with Crippen molar-refractivity contribution in [2.75, 3.05) is 19.8 Å². The fourth-order valence-corrected chi connectivity index (χ4v) is 9.82. The number of carbonyl (C=O) groups is 3. The standard InChI is InChI=1S/C31H38N2O5S/c1-30-16-9-4-10-19-38-29(37)25(30)24-27(35)33(23(20-34)21-12-5-2-6-13-21)26-28(36)32(22-14-7-3-8-15-22)18-11-17-31(24,26)39-30/h2,5-6,9,11-13,16-17,22-26,34H,3-4,7-8,10,14-15,18-20H2,1H3/b16-9-/t23-,24+,25-,26?,30+,31+/m1/s1. The summed E-state index contributed by atoms with van der Waals surface area (Å²) in [4.78, 5) is 46.6. The Hall–Kier alpha value is -2.58. The first-order valence-electron chi connectivity index (χ1n) is 14.4. The van der Waals surface area contributed by atoms with Crippen molar-refractivity contribution < 1.29 is 24.2 Å². The topological polar surface area (TPSA) is 87.1 Å². The Morgan fingerprint density at radius 2 is 1.77 bits per heavy atom. The highest BCUT2D eigenvalue weighted by Gasteiger charge is 2.74. The summed E-state index contributed by atoms with van der Waals surface area (Å²) in [7, 11) is 0. The monoisotopic (exact) mass is 550 g/mol. The second kappa shape index (κ2) is 10.4. The van der Waals surface area contributed by atoms with Crippen LogP contribution in [0.25, 0.3) is 0 Å². The Bertz CT molecular complexity index is 1180. The number of likely N-dealkylation sites (tertiary alicyclic amines) is 1. The van der Waals surface area contributed by atoms with Crippen molar-refractivity contribution in [1.29, 1.82) is 0 Å². The predicted molar refractivity (Wildman–Crippen MR) is 150 cm³/mol. The van der Waals surface area contributed by atoms with Gasteiger partial charge in [-0.15, -0.1) is 11.8 Å². The van der Waals surface area contributed by atoms with E-state index in [1.54, 1.807) is 16.7 Å². The van der Waals surface area contributed by atoms with Crippen LogP contribution in [-0.2, 0) is 19.1 Å². The van der Waals surface area contributed by atoms with Gasteiger partial charge in [-0.1, -0.05) is 73.9 Å². The summed E-state index contributed by atoms with van der Waals surface area (Å²) in [6.45, 7) is 2.51. The summed E-state index contributed by atoms with van der Waals surface area (Å²) >= 11 is 1.56. The number of thioether (sulfide) groups is 1. The summed E-state index contributed by atoms with van der Waals surface area (Å²) in [6, 6.07) is 8.05. The van der Waals surface area contributed by atoms with E-state index in [1.165, 1.54) is 6.42 Å². The number of fused-ring (bicyclic) bond motifs is 2. The van der Waals surface area contributed by atoms with Crippen LogP contribution in [0.2, 0.25) is 0 Å². The van der Waals surface area contributed by atoms with Crippen LogP contribution in [0.1, 0.15) is 63.5 Å². The molecule has 3 fully saturated rings. The summed E-state index contributed by atoms with van der Waals surface area (Å²) in [5.41, 5.74) is 0.776. The quantitative estimate of drug-likeness (QED) is 0.450. The van der Waals surface area contributed by atoms with Crippen molar-refractivity contribution in [2.45, 2.75) is 79.5 Å². The van der Waals surface area contributed by atoms with Crippen LogP contribution < -0.4 is 0 Å². The lowest BCUT2D eigenvalue weighted by Gasteiger charge is -2.42. The molecule has 1 N–H and O–H groups in total. The van der Waals surface area contributed by atoms with Crippen molar-refractivity contribution in [3.05, 3.63) is 60.2 Å². The zero-order valence-corrected chi connectivity index (χ0v) is 23.4. The lowest BCUT2D eigenvalue weighted by Crippen LogP contribution is -2.56. The Balaban J connectivity index is 1.51. The van der Waals surface area contributed by atoms with Crippen LogP contribution in [0, 0.1) is 11.8 Å². The molecule has 8 heteroatoms. The molecule has 4 aliphatic heterocycles. The number of benzene rings is 1. The maximum atomic E-state index is 14.7. The minimum atomic E-state index is -0.943. The van der Waals surface area contributed by atoms with E-state index in [1.807, 2.05) is 48.2 Å². The number of hydrogen-bond donors (Lipinski definition) is 1. The molecule has 1 spiro atoms. The van der Waals surface area contributed by atoms with Gasteiger partial charge in [0.1, 0.15) is 6.04 Å². The highest BCUT2D eigenvalue weighted by atomic mass is 32.2. The van der Waals surface area contributed by atoms with E-state index < -0.39 is 33.4 Å². The molecule has 0 aromatic heterocycles. The van der Waals surface area contributed by atoms with Crippen LogP contribution in [-0.4, -0.2) is 74.0 Å². The lowest BCUT2D eigenvalue weighted by atomic mass is 9.74. The number of cyclic esters (lactones) is 1. The number of allylic oxidation sites excluding steroid dienone is 1. The predicted octanol–water partition coefficient (Wildman–Crippen LogP) is 4.03. The average molecular weight is 551 g/mol. The van der Waals surface area contributed by atoms with Gasteiger partial charge in [-0.05, 0) is 38.2 Å². The summed E-state index contributed by atoms with van der Waals surface area (Å²) < 4.78 is 4.09. The first-order chi connectivity index (χ1) is 18.9. The number of aliphatic hydroxyl groups excluding tert-OH is 1. The van der Waals surface area contributed by atoms with Gasteiger partial charge in [0.2, 0.25) is 11.8 Å². The maximum Gasteiger partial charge on any atom is 0.311 e. The number of esters is 1. The van der Waals surface area contributed by atoms with Crippen molar-refractivity contribution in [3.8, 4) is 0 Å². The molecular formula is C31H38N2O5S. The second-order valence-corrected chi connectivity index (χ2v) is 13.5. The normalized spacial score (nSPS) is 36.7. The van der Waals surface area contributed by atoms with Crippen molar-refractivity contribution >= 4 is 29.5 Å². The fourth-order valence-electron chi connectivity index (χ4n) is 7.68. The van der Waals surface area contributed by atoms with E-state index in [0.29, 0.717) is 13.2 Å². The average Bonchev–Trinajstić information content (AvgIpc) is 3.30. The van der Waals surface area contributed by atoms with E-state index in [4.69, 9.17) is 4.74 Å². The summed E-state index contributed by atoms with van der Waals surface area (Å²) in [5.74, 6) is -2.20. The molecular weight excluding hydrogens is 512 g/mol. The minimum absolute atomic E-state index is 0.0722. The van der Waals surface area contributed by atoms with Gasteiger partial charge in [0.15, 0.2) is 0 Å². The lowest BCUT2D eigenvalue weighted by molar-refractivity contribution is -0.154. The van der Waals surface area contributed by atoms with Crippen molar-refractivity contribution in [2.24, 2.45) is 11.8 Å².